The van der Waals surface area contributed by atoms with Crippen LogP contribution in [-0.2, 0) is 9.59 Å². The van der Waals surface area contributed by atoms with E-state index in [2.05, 4.69) is 0 Å². The van der Waals surface area contributed by atoms with Gasteiger partial charge in [0, 0.05) is 5.75 Å². The van der Waals surface area contributed by atoms with Crippen LogP contribution in [0.5, 0.6) is 0 Å². The zero-order valence-electron chi connectivity index (χ0n) is 7.42. The fourth-order valence-corrected chi connectivity index (χ4v) is 1.55. The Bertz CT molecular complexity index is 188. The van der Waals surface area contributed by atoms with Crippen LogP contribution in [0.25, 0.3) is 0 Å². The van der Waals surface area contributed by atoms with E-state index in [4.69, 9.17) is 21.1 Å². The lowest BCUT2D eigenvalue weighted by molar-refractivity contribution is -0.146. The smallest absolute Gasteiger partial charge is 0.332 e. The lowest BCUT2D eigenvalue weighted by Gasteiger charge is -2.07. The topological polar surface area (TPSA) is 121 Å². The summed E-state index contributed by atoms with van der Waals surface area (Å²) in [5.41, 5.74) is 5.19. The molecule has 5 N–H and O–H groups in total. The number of rotatable bonds is 7. The lowest BCUT2D eigenvalue weighted by Crippen LogP contribution is -2.32. The Kier molecular flexibility index (Phi) is 6.26. The van der Waals surface area contributed by atoms with Gasteiger partial charge in [-0.1, -0.05) is 0 Å². The van der Waals surface area contributed by atoms with Gasteiger partial charge in [0.15, 0.2) is 6.10 Å². The normalized spacial score (nSPS) is 14.7. The first-order valence-corrected chi connectivity index (χ1v) is 5.07. The van der Waals surface area contributed by atoms with Gasteiger partial charge in [0.2, 0.25) is 0 Å². The maximum Gasteiger partial charge on any atom is 0.332 e. The number of carboxylic acids is 2. The Hall–Kier alpha value is -0.790. The van der Waals surface area contributed by atoms with Crippen molar-refractivity contribution in [2.24, 2.45) is 5.73 Å². The van der Waals surface area contributed by atoms with Crippen LogP contribution in [-0.4, -0.2) is 50.9 Å². The van der Waals surface area contributed by atoms with Gasteiger partial charge >= 0.3 is 11.9 Å². The van der Waals surface area contributed by atoms with Crippen LogP contribution in [0.4, 0.5) is 0 Å². The Morgan fingerprint density at radius 3 is 2.29 bits per heavy atom. The van der Waals surface area contributed by atoms with E-state index in [0.29, 0.717) is 5.75 Å². The van der Waals surface area contributed by atoms with Crippen LogP contribution in [0.2, 0.25) is 0 Å². The monoisotopic (exact) mass is 223 g/mol. The zero-order chi connectivity index (χ0) is 11.1. The SMILES string of the molecule is N[C@@H](CSCCC(O)C(=O)O)C(=O)O. The molecule has 0 rings (SSSR count). The van der Waals surface area contributed by atoms with Gasteiger partial charge < -0.3 is 21.1 Å². The molecule has 7 heteroatoms. The summed E-state index contributed by atoms with van der Waals surface area (Å²) in [5, 5.41) is 25.5. The third kappa shape index (κ3) is 5.79. The zero-order valence-corrected chi connectivity index (χ0v) is 8.24. The summed E-state index contributed by atoms with van der Waals surface area (Å²) < 4.78 is 0. The van der Waals surface area contributed by atoms with Crippen molar-refractivity contribution >= 4 is 23.7 Å². The number of aliphatic hydroxyl groups excluding tert-OH is 1. The van der Waals surface area contributed by atoms with Gasteiger partial charge in [0.25, 0.3) is 0 Å². The van der Waals surface area contributed by atoms with Crippen molar-refractivity contribution < 1.29 is 24.9 Å². The molecule has 0 bridgehead atoms. The van der Waals surface area contributed by atoms with Crippen molar-refractivity contribution in [3.63, 3.8) is 0 Å². The van der Waals surface area contributed by atoms with Crippen molar-refractivity contribution in [2.75, 3.05) is 11.5 Å². The first-order valence-electron chi connectivity index (χ1n) is 3.92. The van der Waals surface area contributed by atoms with Gasteiger partial charge in [-0.3, -0.25) is 4.79 Å². The molecule has 0 saturated heterocycles. The Morgan fingerprint density at radius 2 is 1.86 bits per heavy atom. The molecule has 6 nitrogen and oxygen atoms in total. The highest BCUT2D eigenvalue weighted by Gasteiger charge is 2.14. The molecule has 0 aliphatic rings. The standard InChI is InChI=1S/C7H13NO5S/c8-4(6(10)11)3-14-2-1-5(9)7(12)13/h4-5,9H,1-3,8H2,(H,10,11)(H,12,13)/t4-,5?/m0/s1. The van der Waals surface area contributed by atoms with E-state index in [0.717, 1.165) is 0 Å². The fourth-order valence-electron chi connectivity index (χ4n) is 0.600. The second-order valence-electron chi connectivity index (χ2n) is 2.66. The summed E-state index contributed by atoms with van der Waals surface area (Å²) in [6, 6.07) is -0.943. The molecule has 0 saturated carbocycles. The number of nitrogens with two attached hydrogens (primary N) is 1. The van der Waals surface area contributed by atoms with E-state index in [1.807, 2.05) is 0 Å². The van der Waals surface area contributed by atoms with Gasteiger partial charge in [-0.05, 0) is 12.2 Å². The average molecular weight is 223 g/mol. The summed E-state index contributed by atoms with van der Waals surface area (Å²) in [7, 11) is 0. The third-order valence-electron chi connectivity index (χ3n) is 1.44. The molecule has 0 aromatic carbocycles. The van der Waals surface area contributed by atoms with Crippen molar-refractivity contribution in [1.82, 2.24) is 0 Å². The van der Waals surface area contributed by atoms with Crippen LogP contribution in [0, 0.1) is 0 Å². The van der Waals surface area contributed by atoms with E-state index in [1.54, 1.807) is 0 Å². The van der Waals surface area contributed by atoms with E-state index in [1.165, 1.54) is 11.8 Å². The number of carboxylic acid groups (broad SMARTS) is 2. The first-order chi connectivity index (χ1) is 6.45. The van der Waals surface area contributed by atoms with E-state index >= 15 is 0 Å². The van der Waals surface area contributed by atoms with Crippen LogP contribution in [0.1, 0.15) is 6.42 Å². The molecule has 0 aliphatic heterocycles. The summed E-state index contributed by atoms with van der Waals surface area (Å²) in [5.74, 6) is -1.78. The molecule has 0 aliphatic carbocycles. The highest BCUT2D eigenvalue weighted by Crippen LogP contribution is 2.06. The third-order valence-corrected chi connectivity index (χ3v) is 2.55. The minimum absolute atomic E-state index is 0.0896. The minimum Gasteiger partial charge on any atom is -0.480 e. The number of carbonyl (C=O) groups is 2. The van der Waals surface area contributed by atoms with E-state index in [-0.39, 0.29) is 12.2 Å². The number of hydrogen-bond donors (Lipinski definition) is 4. The molecule has 0 amide bonds. The summed E-state index contributed by atoms with van der Waals surface area (Å²) in [4.78, 5) is 20.4. The van der Waals surface area contributed by atoms with Crippen molar-refractivity contribution in [3.05, 3.63) is 0 Å². The van der Waals surface area contributed by atoms with Crippen molar-refractivity contribution in [1.29, 1.82) is 0 Å². The second kappa shape index (κ2) is 6.63. The molecule has 1 unspecified atom stereocenters. The van der Waals surface area contributed by atoms with Gasteiger partial charge in [0.05, 0.1) is 0 Å². The summed E-state index contributed by atoms with van der Waals surface area (Å²) >= 11 is 1.21. The second-order valence-corrected chi connectivity index (χ2v) is 3.81. The Morgan fingerprint density at radius 1 is 1.29 bits per heavy atom. The van der Waals surface area contributed by atoms with Crippen molar-refractivity contribution in [2.45, 2.75) is 18.6 Å². The molecule has 0 radical (unpaired) electrons. The molecule has 0 aromatic rings. The molecule has 0 spiro atoms. The van der Waals surface area contributed by atoms with Gasteiger partial charge in [-0.25, -0.2) is 4.79 Å². The maximum absolute atomic E-state index is 10.3. The van der Waals surface area contributed by atoms with Crippen molar-refractivity contribution in [3.8, 4) is 0 Å². The van der Waals surface area contributed by atoms with Crippen LogP contribution >= 0.6 is 11.8 Å². The predicted octanol–water partition coefficient (Wildman–Crippen LogP) is -1.03. The van der Waals surface area contributed by atoms with Gasteiger partial charge in [-0.2, -0.15) is 11.8 Å². The molecule has 0 heterocycles. The minimum atomic E-state index is -1.39. The van der Waals surface area contributed by atoms with E-state index in [9.17, 15) is 9.59 Å². The highest BCUT2D eigenvalue weighted by atomic mass is 32.2. The number of aliphatic hydroxyl groups is 1. The average Bonchev–Trinajstić information content (AvgIpc) is 2.11. The Balaban J connectivity index is 3.47. The predicted molar refractivity (Wildman–Crippen MR) is 51.2 cm³/mol. The molecule has 0 fully saturated rings. The van der Waals surface area contributed by atoms with Crippen LogP contribution in [0.3, 0.4) is 0 Å². The highest BCUT2D eigenvalue weighted by molar-refractivity contribution is 7.99. The quantitative estimate of drug-likeness (QED) is 0.407. The number of hydrogen-bond acceptors (Lipinski definition) is 5. The lowest BCUT2D eigenvalue weighted by atomic mass is 10.3. The molecular formula is C7H13NO5S. The molecule has 0 aromatic heterocycles. The van der Waals surface area contributed by atoms with Crippen LogP contribution in [0.15, 0.2) is 0 Å². The maximum atomic E-state index is 10.3. The largest absolute Gasteiger partial charge is 0.480 e. The van der Waals surface area contributed by atoms with Crippen LogP contribution < -0.4 is 5.73 Å². The molecule has 82 valence electrons. The number of thioether (sulfide) groups is 1. The molecule has 14 heavy (non-hydrogen) atoms. The first kappa shape index (κ1) is 13.2. The molecular weight excluding hydrogens is 210 g/mol. The van der Waals surface area contributed by atoms with E-state index < -0.39 is 24.1 Å². The number of aliphatic carboxylic acids is 2. The van der Waals surface area contributed by atoms with Gasteiger partial charge in [0.1, 0.15) is 6.04 Å². The molecule has 2 atom stereocenters. The Labute approximate surface area is 85.1 Å². The van der Waals surface area contributed by atoms with Gasteiger partial charge in [-0.15, -0.1) is 0 Å². The summed E-state index contributed by atoms with van der Waals surface area (Å²) in [6.45, 7) is 0. The summed E-state index contributed by atoms with van der Waals surface area (Å²) in [6.07, 6.45) is -1.30. The fraction of sp³-hybridized carbons (Fsp3) is 0.714.